The molecule has 2 rings (SSSR count). The lowest BCUT2D eigenvalue weighted by atomic mass is 10.1. The topological polar surface area (TPSA) is 32.3 Å². The van der Waals surface area contributed by atoms with E-state index in [0.29, 0.717) is 0 Å². The van der Waals surface area contributed by atoms with Crippen LogP contribution in [-0.2, 0) is 6.42 Å². The summed E-state index contributed by atoms with van der Waals surface area (Å²) in [6.07, 6.45) is 0.905. The molecule has 1 N–H and O–H groups in total. The molecule has 1 aliphatic rings. The molecule has 80 valence electrons. The Morgan fingerprint density at radius 1 is 1.47 bits per heavy atom. The minimum atomic E-state index is 0.0251. The van der Waals surface area contributed by atoms with E-state index in [0.717, 1.165) is 17.4 Å². The number of carbonyl (C=O) groups is 1. The van der Waals surface area contributed by atoms with Gasteiger partial charge in [0.15, 0.2) is 0 Å². The molecule has 0 spiro atoms. The molecule has 1 aliphatic heterocycles. The maximum Gasteiger partial charge on any atom is 0.317 e. The van der Waals surface area contributed by atoms with Crippen LogP contribution in [-0.4, -0.2) is 30.6 Å². The zero-order valence-electron chi connectivity index (χ0n) is 8.53. The second-order valence-electron chi connectivity index (χ2n) is 3.78. The van der Waals surface area contributed by atoms with Crippen LogP contribution in [0.25, 0.3) is 0 Å². The first-order valence-electron chi connectivity index (χ1n) is 4.92. The summed E-state index contributed by atoms with van der Waals surface area (Å²) in [5, 5.41) is 2.83. The number of hydrogen-bond donors (Lipinski definition) is 1. The smallest absolute Gasteiger partial charge is 0.317 e. The van der Waals surface area contributed by atoms with Crippen LogP contribution >= 0.6 is 15.9 Å². The van der Waals surface area contributed by atoms with Gasteiger partial charge in [-0.05, 0) is 24.1 Å². The maximum absolute atomic E-state index is 11.2. The van der Waals surface area contributed by atoms with Gasteiger partial charge in [-0.3, -0.25) is 0 Å². The molecule has 4 heteroatoms. The van der Waals surface area contributed by atoms with E-state index < -0.39 is 0 Å². The number of benzene rings is 1. The Balaban J connectivity index is 2.03. The minimum absolute atomic E-state index is 0.0251. The van der Waals surface area contributed by atoms with E-state index in [1.165, 1.54) is 5.56 Å². The predicted octanol–water partition coefficient (Wildman–Crippen LogP) is 2.02. The summed E-state index contributed by atoms with van der Waals surface area (Å²) in [5.41, 5.74) is 1.26. The van der Waals surface area contributed by atoms with Crippen molar-refractivity contribution in [3.8, 4) is 0 Å². The quantitative estimate of drug-likeness (QED) is 0.875. The van der Waals surface area contributed by atoms with Crippen LogP contribution in [0.15, 0.2) is 28.7 Å². The molecule has 15 heavy (non-hydrogen) atoms. The number of urea groups is 1. The Labute approximate surface area is 97.6 Å². The average molecular weight is 269 g/mol. The third kappa shape index (κ3) is 2.31. The van der Waals surface area contributed by atoms with Crippen molar-refractivity contribution in [2.24, 2.45) is 0 Å². The monoisotopic (exact) mass is 268 g/mol. The predicted molar refractivity (Wildman–Crippen MR) is 62.8 cm³/mol. The second kappa shape index (κ2) is 4.23. The molecule has 0 aromatic heterocycles. The van der Waals surface area contributed by atoms with Gasteiger partial charge < -0.3 is 10.2 Å². The standard InChI is InChI=1S/C11H13BrN2O/c1-14-10(7-13-11(14)15)6-8-2-4-9(12)5-3-8/h2-5,10H,6-7H2,1H3,(H,13,15). The van der Waals surface area contributed by atoms with Gasteiger partial charge in [-0.2, -0.15) is 0 Å². The van der Waals surface area contributed by atoms with Gasteiger partial charge in [0.2, 0.25) is 0 Å². The molecule has 1 aromatic rings. The summed E-state index contributed by atoms with van der Waals surface area (Å²) in [6, 6.07) is 8.52. The summed E-state index contributed by atoms with van der Waals surface area (Å²) in [5.74, 6) is 0. The number of halogens is 1. The Morgan fingerprint density at radius 3 is 2.67 bits per heavy atom. The number of nitrogens with zero attached hydrogens (tertiary/aromatic N) is 1. The Hall–Kier alpha value is -1.03. The molecule has 1 saturated heterocycles. The summed E-state index contributed by atoms with van der Waals surface area (Å²) in [4.78, 5) is 13.0. The van der Waals surface area contributed by atoms with Gasteiger partial charge in [-0.1, -0.05) is 28.1 Å². The van der Waals surface area contributed by atoms with Crippen LogP contribution in [0.5, 0.6) is 0 Å². The number of amides is 2. The summed E-state index contributed by atoms with van der Waals surface area (Å²) < 4.78 is 1.08. The summed E-state index contributed by atoms with van der Waals surface area (Å²) >= 11 is 3.40. The lowest BCUT2D eigenvalue weighted by Gasteiger charge is -2.17. The van der Waals surface area contributed by atoms with Crippen LogP contribution in [0, 0.1) is 0 Å². The normalized spacial score (nSPS) is 20.5. The molecule has 0 bridgehead atoms. The van der Waals surface area contributed by atoms with E-state index in [1.54, 1.807) is 4.90 Å². The van der Waals surface area contributed by atoms with Crippen LogP contribution in [0.2, 0.25) is 0 Å². The zero-order chi connectivity index (χ0) is 10.8. The van der Waals surface area contributed by atoms with Crippen LogP contribution in [0.1, 0.15) is 5.56 Å². The van der Waals surface area contributed by atoms with Crippen molar-refractivity contribution in [2.75, 3.05) is 13.6 Å². The summed E-state index contributed by atoms with van der Waals surface area (Å²) in [7, 11) is 1.84. The van der Waals surface area contributed by atoms with E-state index in [2.05, 4.69) is 33.4 Å². The molecule has 1 aromatic carbocycles. The van der Waals surface area contributed by atoms with E-state index in [1.807, 2.05) is 19.2 Å². The Kier molecular flexibility index (Phi) is 2.95. The third-order valence-corrected chi connectivity index (χ3v) is 3.27. The van der Waals surface area contributed by atoms with Crippen molar-refractivity contribution in [3.05, 3.63) is 34.3 Å². The molecular weight excluding hydrogens is 256 g/mol. The SMILES string of the molecule is CN1C(=O)NCC1Cc1ccc(Br)cc1. The van der Waals surface area contributed by atoms with Crippen molar-refractivity contribution in [2.45, 2.75) is 12.5 Å². The summed E-state index contributed by atoms with van der Waals surface area (Å²) in [6.45, 7) is 0.741. The van der Waals surface area contributed by atoms with Gasteiger partial charge in [0.05, 0.1) is 6.04 Å². The number of nitrogens with one attached hydrogen (secondary N) is 1. The third-order valence-electron chi connectivity index (χ3n) is 2.74. The highest BCUT2D eigenvalue weighted by Crippen LogP contribution is 2.15. The fourth-order valence-corrected chi connectivity index (χ4v) is 2.00. The average Bonchev–Trinajstić information content (AvgIpc) is 2.53. The molecule has 1 atom stereocenters. The molecule has 2 amide bonds. The molecule has 0 saturated carbocycles. The first-order valence-corrected chi connectivity index (χ1v) is 5.71. The fourth-order valence-electron chi connectivity index (χ4n) is 1.73. The van der Waals surface area contributed by atoms with Gasteiger partial charge >= 0.3 is 6.03 Å². The van der Waals surface area contributed by atoms with Crippen molar-refractivity contribution in [1.82, 2.24) is 10.2 Å². The number of likely N-dealkylation sites (N-methyl/N-ethyl adjacent to an activating group) is 1. The zero-order valence-corrected chi connectivity index (χ0v) is 10.1. The van der Waals surface area contributed by atoms with Gasteiger partial charge in [0.1, 0.15) is 0 Å². The number of hydrogen-bond acceptors (Lipinski definition) is 1. The Morgan fingerprint density at radius 2 is 2.13 bits per heavy atom. The lowest BCUT2D eigenvalue weighted by molar-refractivity contribution is 0.216. The van der Waals surface area contributed by atoms with Gasteiger partial charge in [-0.15, -0.1) is 0 Å². The first kappa shape index (κ1) is 10.5. The molecule has 0 aliphatic carbocycles. The largest absolute Gasteiger partial charge is 0.336 e. The highest BCUT2D eigenvalue weighted by Gasteiger charge is 2.26. The van der Waals surface area contributed by atoms with E-state index in [9.17, 15) is 4.79 Å². The molecule has 1 unspecified atom stereocenters. The number of carbonyl (C=O) groups excluding carboxylic acids is 1. The van der Waals surface area contributed by atoms with E-state index >= 15 is 0 Å². The van der Waals surface area contributed by atoms with E-state index in [-0.39, 0.29) is 12.1 Å². The Bertz CT molecular complexity index is 363. The van der Waals surface area contributed by atoms with Crippen molar-refractivity contribution < 1.29 is 4.79 Å². The molecule has 1 fully saturated rings. The number of rotatable bonds is 2. The molecule has 0 radical (unpaired) electrons. The second-order valence-corrected chi connectivity index (χ2v) is 4.70. The minimum Gasteiger partial charge on any atom is -0.336 e. The molecule has 1 heterocycles. The first-order chi connectivity index (χ1) is 7.16. The van der Waals surface area contributed by atoms with Crippen LogP contribution < -0.4 is 5.32 Å². The van der Waals surface area contributed by atoms with Crippen molar-refractivity contribution >= 4 is 22.0 Å². The van der Waals surface area contributed by atoms with Gasteiger partial charge in [-0.25, -0.2) is 4.79 Å². The van der Waals surface area contributed by atoms with Gasteiger partial charge in [0, 0.05) is 18.1 Å². The van der Waals surface area contributed by atoms with Crippen LogP contribution in [0.3, 0.4) is 0 Å². The van der Waals surface area contributed by atoms with Gasteiger partial charge in [0.25, 0.3) is 0 Å². The fraction of sp³-hybridized carbons (Fsp3) is 0.364. The highest BCUT2D eigenvalue weighted by atomic mass is 79.9. The van der Waals surface area contributed by atoms with Crippen LogP contribution in [0.4, 0.5) is 4.79 Å². The van der Waals surface area contributed by atoms with Crippen molar-refractivity contribution in [1.29, 1.82) is 0 Å². The van der Waals surface area contributed by atoms with Crippen molar-refractivity contribution in [3.63, 3.8) is 0 Å². The van der Waals surface area contributed by atoms with E-state index in [4.69, 9.17) is 0 Å². The maximum atomic E-state index is 11.2. The molecular formula is C11H13BrN2O. The molecule has 3 nitrogen and oxygen atoms in total. The highest BCUT2D eigenvalue weighted by molar-refractivity contribution is 9.10. The lowest BCUT2D eigenvalue weighted by Crippen LogP contribution is -2.31.